The molecule has 0 unspecified atom stereocenters. The number of benzene rings is 1. The summed E-state index contributed by atoms with van der Waals surface area (Å²) < 4.78 is 7.68. The van der Waals surface area contributed by atoms with Crippen molar-refractivity contribution in [1.29, 1.82) is 0 Å². The molecule has 0 aliphatic heterocycles. The molecule has 0 aliphatic rings. The molecule has 0 saturated carbocycles. The van der Waals surface area contributed by atoms with Gasteiger partial charge in [-0.25, -0.2) is 4.99 Å². The van der Waals surface area contributed by atoms with Crippen molar-refractivity contribution in [2.24, 2.45) is 4.99 Å². The lowest BCUT2D eigenvalue weighted by atomic mass is 10.1. The molecule has 0 atom stereocenters. The lowest BCUT2D eigenvalue weighted by molar-refractivity contribution is 0.547. The Bertz CT molecular complexity index is 987. The number of nitrogens with zero attached hydrogens (tertiary/aromatic N) is 2. The Labute approximate surface area is 165 Å². The minimum absolute atomic E-state index is 0.0477. The van der Waals surface area contributed by atoms with Gasteiger partial charge in [0.05, 0.1) is 0 Å². The average Bonchev–Trinajstić information content (AvgIpc) is 3.03. The molecular formula is C22H28N4O2. The zero-order valence-corrected chi connectivity index (χ0v) is 16.6. The second-order valence-electron chi connectivity index (χ2n) is 6.71. The molecule has 0 amide bonds. The fourth-order valence-corrected chi connectivity index (χ4v) is 3.13. The van der Waals surface area contributed by atoms with Crippen molar-refractivity contribution in [3.8, 4) is 0 Å². The number of guanidine groups is 1. The molecule has 2 heterocycles. The van der Waals surface area contributed by atoms with E-state index in [2.05, 4.69) is 28.6 Å². The third-order valence-electron chi connectivity index (χ3n) is 4.68. The molecule has 6 nitrogen and oxygen atoms in total. The zero-order valence-electron chi connectivity index (χ0n) is 16.6. The van der Waals surface area contributed by atoms with Crippen molar-refractivity contribution in [3.05, 3.63) is 70.3 Å². The predicted octanol–water partition coefficient (Wildman–Crippen LogP) is 3.44. The van der Waals surface area contributed by atoms with Crippen LogP contribution in [0.4, 0.5) is 0 Å². The number of aryl methyl sites for hydroxylation is 2. The highest BCUT2D eigenvalue weighted by Gasteiger charge is 2.09. The largest absolute Gasteiger partial charge is 0.459 e. The van der Waals surface area contributed by atoms with Gasteiger partial charge in [0.15, 0.2) is 5.96 Å². The Hall–Kier alpha value is -3.02. The third kappa shape index (κ3) is 5.03. The van der Waals surface area contributed by atoms with Crippen molar-refractivity contribution in [2.45, 2.75) is 39.8 Å². The number of furan rings is 1. The highest BCUT2D eigenvalue weighted by Crippen LogP contribution is 2.25. The van der Waals surface area contributed by atoms with Gasteiger partial charge in [-0.05, 0) is 38.8 Å². The van der Waals surface area contributed by atoms with Crippen molar-refractivity contribution >= 4 is 16.9 Å². The molecule has 28 heavy (non-hydrogen) atoms. The van der Waals surface area contributed by atoms with Crippen LogP contribution in [0.3, 0.4) is 0 Å². The van der Waals surface area contributed by atoms with E-state index < -0.39 is 0 Å². The minimum Gasteiger partial charge on any atom is -0.459 e. The van der Waals surface area contributed by atoms with Crippen LogP contribution < -0.4 is 16.2 Å². The highest BCUT2D eigenvalue weighted by atomic mass is 16.3. The molecule has 0 saturated heterocycles. The SMILES string of the molecule is CCNC(=NCc1oc2ccccc2c1C)NCCCCn1ccccc1=O. The topological polar surface area (TPSA) is 71.6 Å². The Morgan fingerprint density at radius 2 is 1.93 bits per heavy atom. The van der Waals surface area contributed by atoms with E-state index in [9.17, 15) is 4.79 Å². The highest BCUT2D eigenvalue weighted by molar-refractivity contribution is 5.82. The van der Waals surface area contributed by atoms with Gasteiger partial charge in [0.1, 0.15) is 17.9 Å². The standard InChI is InChI=1S/C22H28N4O2/c1-3-23-22(24-13-7-9-15-26-14-8-6-12-21(26)27)25-16-20-17(2)18-10-4-5-11-19(18)28-20/h4-6,8,10-12,14H,3,7,9,13,15-16H2,1-2H3,(H2,23,24,25). The first kappa shape index (κ1) is 19.7. The number of aliphatic imine (C=N–C) groups is 1. The van der Waals surface area contributed by atoms with E-state index in [4.69, 9.17) is 4.42 Å². The summed E-state index contributed by atoms with van der Waals surface area (Å²) in [6, 6.07) is 13.3. The normalized spacial score (nSPS) is 11.7. The van der Waals surface area contributed by atoms with Crippen LogP contribution in [-0.2, 0) is 13.1 Å². The smallest absolute Gasteiger partial charge is 0.250 e. The molecule has 0 spiro atoms. The van der Waals surface area contributed by atoms with Gasteiger partial charge in [-0.1, -0.05) is 24.3 Å². The van der Waals surface area contributed by atoms with Crippen LogP contribution in [0.5, 0.6) is 0 Å². The summed E-state index contributed by atoms with van der Waals surface area (Å²) in [5.74, 6) is 1.67. The summed E-state index contributed by atoms with van der Waals surface area (Å²) >= 11 is 0. The second-order valence-corrected chi connectivity index (χ2v) is 6.71. The number of unbranched alkanes of at least 4 members (excludes halogenated alkanes) is 1. The molecule has 2 N–H and O–H groups in total. The number of hydrogen-bond acceptors (Lipinski definition) is 3. The van der Waals surface area contributed by atoms with Crippen LogP contribution in [0.15, 0.2) is 62.9 Å². The fraction of sp³-hybridized carbons (Fsp3) is 0.364. The van der Waals surface area contributed by atoms with Crippen LogP contribution in [0.1, 0.15) is 31.1 Å². The summed E-state index contributed by atoms with van der Waals surface area (Å²) in [5.41, 5.74) is 2.09. The molecule has 2 aromatic heterocycles. The molecule has 0 bridgehead atoms. The first-order valence-corrected chi connectivity index (χ1v) is 9.83. The monoisotopic (exact) mass is 380 g/mol. The van der Waals surface area contributed by atoms with Crippen molar-refractivity contribution in [2.75, 3.05) is 13.1 Å². The van der Waals surface area contributed by atoms with E-state index in [1.807, 2.05) is 37.4 Å². The maximum atomic E-state index is 11.7. The fourth-order valence-electron chi connectivity index (χ4n) is 3.13. The van der Waals surface area contributed by atoms with Crippen LogP contribution in [0, 0.1) is 6.92 Å². The quantitative estimate of drug-likeness (QED) is 0.357. The Kier molecular flexibility index (Phi) is 6.89. The third-order valence-corrected chi connectivity index (χ3v) is 4.68. The molecule has 3 aromatic rings. The molecule has 148 valence electrons. The Morgan fingerprint density at radius 3 is 2.71 bits per heavy atom. The number of aromatic nitrogens is 1. The number of rotatable bonds is 8. The van der Waals surface area contributed by atoms with Crippen molar-refractivity contribution in [1.82, 2.24) is 15.2 Å². The molecule has 3 rings (SSSR count). The average molecular weight is 380 g/mol. The summed E-state index contributed by atoms with van der Waals surface area (Å²) in [5, 5.41) is 7.76. The van der Waals surface area contributed by atoms with Gasteiger partial charge >= 0.3 is 0 Å². The predicted molar refractivity (Wildman–Crippen MR) is 114 cm³/mol. The minimum atomic E-state index is 0.0477. The molecule has 6 heteroatoms. The van der Waals surface area contributed by atoms with E-state index in [-0.39, 0.29) is 5.56 Å². The van der Waals surface area contributed by atoms with Crippen LogP contribution in [0.25, 0.3) is 11.0 Å². The molecular weight excluding hydrogens is 352 g/mol. The van der Waals surface area contributed by atoms with Gasteiger partial charge in [0.25, 0.3) is 0 Å². The second kappa shape index (κ2) is 9.78. The van der Waals surface area contributed by atoms with Crippen LogP contribution in [0.2, 0.25) is 0 Å². The van der Waals surface area contributed by atoms with Crippen molar-refractivity contribution in [3.63, 3.8) is 0 Å². The Morgan fingerprint density at radius 1 is 1.11 bits per heavy atom. The maximum Gasteiger partial charge on any atom is 0.250 e. The molecule has 1 aromatic carbocycles. The van der Waals surface area contributed by atoms with E-state index in [1.165, 1.54) is 0 Å². The number of nitrogens with one attached hydrogen (secondary N) is 2. The van der Waals surface area contributed by atoms with Gasteiger partial charge in [-0.15, -0.1) is 0 Å². The van der Waals surface area contributed by atoms with Gasteiger partial charge < -0.3 is 19.6 Å². The van der Waals surface area contributed by atoms with Gasteiger partial charge in [-0.3, -0.25) is 4.79 Å². The zero-order chi connectivity index (χ0) is 19.8. The van der Waals surface area contributed by atoms with E-state index in [0.717, 1.165) is 60.7 Å². The lowest BCUT2D eigenvalue weighted by Gasteiger charge is -2.11. The summed E-state index contributed by atoms with van der Waals surface area (Å²) in [6.07, 6.45) is 3.71. The molecule has 0 aliphatic carbocycles. The summed E-state index contributed by atoms with van der Waals surface area (Å²) in [7, 11) is 0. The maximum absolute atomic E-state index is 11.7. The van der Waals surface area contributed by atoms with Gasteiger partial charge in [-0.2, -0.15) is 0 Å². The van der Waals surface area contributed by atoms with E-state index >= 15 is 0 Å². The van der Waals surface area contributed by atoms with E-state index in [0.29, 0.717) is 6.54 Å². The van der Waals surface area contributed by atoms with Crippen molar-refractivity contribution < 1.29 is 4.42 Å². The summed E-state index contributed by atoms with van der Waals surface area (Å²) in [4.78, 5) is 16.4. The van der Waals surface area contributed by atoms with Crippen LogP contribution in [-0.4, -0.2) is 23.6 Å². The van der Waals surface area contributed by atoms with Gasteiger partial charge in [0, 0.05) is 42.8 Å². The van der Waals surface area contributed by atoms with Crippen LogP contribution >= 0.6 is 0 Å². The first-order chi connectivity index (χ1) is 13.7. The lowest BCUT2D eigenvalue weighted by Crippen LogP contribution is -2.37. The number of pyridine rings is 1. The van der Waals surface area contributed by atoms with Gasteiger partial charge in [0.2, 0.25) is 5.56 Å². The number of para-hydroxylation sites is 1. The summed E-state index contributed by atoms with van der Waals surface area (Å²) in [6.45, 7) is 6.94. The van der Waals surface area contributed by atoms with E-state index in [1.54, 1.807) is 16.7 Å². The molecule has 0 fully saturated rings. The number of hydrogen-bond donors (Lipinski definition) is 2. The number of fused-ring (bicyclic) bond motifs is 1. The Balaban J connectivity index is 1.51. The first-order valence-electron chi connectivity index (χ1n) is 9.83. The molecule has 0 radical (unpaired) electrons.